The molecule has 0 saturated carbocycles. The minimum atomic E-state index is -0.338. The van der Waals surface area contributed by atoms with Crippen LogP contribution in [0.4, 0.5) is 5.69 Å². The minimum Gasteiger partial charge on any atom is -0.366 e. The largest absolute Gasteiger partial charge is 0.366 e. The number of anilines is 1. The second kappa shape index (κ2) is 7.73. The third-order valence-corrected chi connectivity index (χ3v) is 5.95. The molecule has 1 aliphatic carbocycles. The van der Waals surface area contributed by atoms with Crippen LogP contribution < -0.4 is 10.6 Å². The fraction of sp³-hybridized carbons (Fsp3) is 0.273. The van der Waals surface area contributed by atoms with Crippen LogP contribution in [0, 0.1) is 13.8 Å². The molecule has 0 bridgehead atoms. The lowest BCUT2D eigenvalue weighted by Gasteiger charge is -2.28. The number of rotatable bonds is 3. The molecular weight excluding hydrogens is 407 g/mol. The van der Waals surface area contributed by atoms with Crippen LogP contribution in [-0.2, 0) is 4.79 Å². The number of nitrogens with two attached hydrogens (primary N) is 1. The number of hydrogen-bond donors (Lipinski definition) is 1. The lowest BCUT2D eigenvalue weighted by Crippen LogP contribution is -2.32. The van der Waals surface area contributed by atoms with E-state index in [1.54, 1.807) is 6.08 Å². The average Bonchev–Trinajstić information content (AvgIpc) is 2.90. The first-order valence-electron chi connectivity index (χ1n) is 9.50. The highest BCUT2D eigenvalue weighted by Gasteiger charge is 2.24. The van der Waals surface area contributed by atoms with Crippen molar-refractivity contribution < 1.29 is 4.79 Å². The van der Waals surface area contributed by atoms with E-state index < -0.39 is 0 Å². The maximum atomic E-state index is 11.5. The van der Waals surface area contributed by atoms with E-state index in [2.05, 4.69) is 24.0 Å². The molecule has 150 valence electrons. The predicted molar refractivity (Wildman–Crippen MR) is 119 cm³/mol. The summed E-state index contributed by atoms with van der Waals surface area (Å²) in [6, 6.07) is 4.23. The van der Waals surface area contributed by atoms with Gasteiger partial charge < -0.3 is 10.6 Å². The van der Waals surface area contributed by atoms with Gasteiger partial charge in [-0.15, -0.1) is 0 Å². The summed E-state index contributed by atoms with van der Waals surface area (Å²) in [6.45, 7) is 5.43. The molecule has 1 atom stereocenters. The van der Waals surface area contributed by atoms with Crippen molar-refractivity contribution in [2.24, 2.45) is 5.73 Å². The second-order valence-corrected chi connectivity index (χ2v) is 8.29. The van der Waals surface area contributed by atoms with Crippen molar-refractivity contribution >= 4 is 40.3 Å². The Morgan fingerprint density at radius 2 is 2.07 bits per heavy atom. The molecule has 1 amide bonds. The lowest BCUT2D eigenvalue weighted by atomic mass is 10.0. The van der Waals surface area contributed by atoms with Crippen LogP contribution in [0.2, 0.25) is 0 Å². The molecule has 0 spiro atoms. The predicted octanol–water partition coefficient (Wildman–Crippen LogP) is 4.47. The summed E-state index contributed by atoms with van der Waals surface area (Å²) >= 11 is 12.8. The Hall–Kier alpha value is -2.50. The zero-order valence-electron chi connectivity index (χ0n) is 16.3. The monoisotopic (exact) mass is 428 g/mol. The highest BCUT2D eigenvalue weighted by Crippen LogP contribution is 2.37. The Balaban J connectivity index is 1.82. The van der Waals surface area contributed by atoms with E-state index in [1.165, 1.54) is 0 Å². The van der Waals surface area contributed by atoms with Gasteiger partial charge in [-0.3, -0.25) is 4.79 Å². The Morgan fingerprint density at radius 3 is 2.76 bits per heavy atom. The van der Waals surface area contributed by atoms with Crippen molar-refractivity contribution in [3.05, 3.63) is 75.1 Å². The van der Waals surface area contributed by atoms with Crippen LogP contribution >= 0.6 is 23.2 Å². The van der Waals surface area contributed by atoms with Gasteiger partial charge in [0.1, 0.15) is 0 Å². The molecule has 1 aliphatic heterocycles. The van der Waals surface area contributed by atoms with Crippen molar-refractivity contribution in [1.29, 1.82) is 0 Å². The lowest BCUT2D eigenvalue weighted by molar-refractivity contribution is -0.114. The smallest absolute Gasteiger partial charge is 0.244 e. The third-order valence-electron chi connectivity index (χ3n) is 5.37. The van der Waals surface area contributed by atoms with Gasteiger partial charge in [0.25, 0.3) is 0 Å². The molecule has 5 nitrogen and oxygen atoms in total. The molecule has 7 heteroatoms. The first-order chi connectivity index (χ1) is 13.8. The molecule has 1 unspecified atom stereocenters. The number of hydrogen-bond acceptors (Lipinski definition) is 3. The van der Waals surface area contributed by atoms with Gasteiger partial charge in [0, 0.05) is 28.7 Å². The number of allylic oxidation sites excluding steroid dienone is 6. The summed E-state index contributed by atoms with van der Waals surface area (Å²) in [6.07, 6.45) is 10.1. The van der Waals surface area contributed by atoms with Crippen LogP contribution in [0.25, 0.3) is 5.52 Å². The van der Waals surface area contributed by atoms with Gasteiger partial charge in [-0.2, -0.15) is 5.10 Å². The first-order valence-corrected chi connectivity index (χ1v) is 10.3. The van der Waals surface area contributed by atoms with Gasteiger partial charge in [-0.05, 0) is 50.1 Å². The van der Waals surface area contributed by atoms with Crippen molar-refractivity contribution in [3.63, 3.8) is 0 Å². The van der Waals surface area contributed by atoms with Gasteiger partial charge >= 0.3 is 0 Å². The summed E-state index contributed by atoms with van der Waals surface area (Å²) in [7, 11) is 0. The van der Waals surface area contributed by atoms with Crippen molar-refractivity contribution in [2.45, 2.75) is 26.2 Å². The number of aryl methyl sites for hydroxylation is 2. The quantitative estimate of drug-likeness (QED) is 0.783. The summed E-state index contributed by atoms with van der Waals surface area (Å²) in [5.74, 6) is -0.466. The molecule has 4 rings (SSSR count). The first kappa shape index (κ1) is 19.8. The molecule has 0 saturated heterocycles. The van der Waals surface area contributed by atoms with Crippen LogP contribution in [-0.4, -0.2) is 28.6 Å². The number of amides is 1. The fourth-order valence-electron chi connectivity index (χ4n) is 3.97. The normalized spacial score (nSPS) is 19.7. The van der Waals surface area contributed by atoms with E-state index in [1.807, 2.05) is 35.7 Å². The van der Waals surface area contributed by atoms with E-state index >= 15 is 0 Å². The Kier molecular flexibility index (Phi) is 5.28. The summed E-state index contributed by atoms with van der Waals surface area (Å²) in [4.78, 5) is 13.7. The maximum Gasteiger partial charge on any atom is 0.244 e. The standard InChI is InChI=1S/C22H22Cl2N4O/c1-13-10-20-19(27-8-6-15(7-9-27)22(25)29)11-14(2)26-28(20)21(13)17-5-3-4-16(23)12-18(17)24/h3-6,10-12,17H,7-9H2,1-2H3,(H2,25,29). The van der Waals surface area contributed by atoms with Gasteiger partial charge in [-0.1, -0.05) is 41.4 Å². The van der Waals surface area contributed by atoms with Gasteiger partial charge in [-0.25, -0.2) is 4.52 Å². The Bertz CT molecular complexity index is 1120. The Morgan fingerprint density at radius 1 is 1.28 bits per heavy atom. The van der Waals surface area contributed by atoms with Crippen LogP contribution in [0.1, 0.15) is 29.3 Å². The van der Waals surface area contributed by atoms with Crippen LogP contribution in [0.5, 0.6) is 0 Å². The molecule has 29 heavy (non-hydrogen) atoms. The summed E-state index contributed by atoms with van der Waals surface area (Å²) < 4.78 is 1.98. The van der Waals surface area contributed by atoms with E-state index in [0.717, 1.165) is 34.7 Å². The van der Waals surface area contributed by atoms with Crippen molar-refractivity contribution in [2.75, 3.05) is 18.0 Å². The molecule has 0 fully saturated rings. The topological polar surface area (TPSA) is 63.6 Å². The molecule has 0 aromatic carbocycles. The molecule has 2 aromatic rings. The molecular formula is C22H22Cl2N4O. The second-order valence-electron chi connectivity index (χ2n) is 7.41. The van der Waals surface area contributed by atoms with Crippen LogP contribution in [0.15, 0.2) is 58.2 Å². The van der Waals surface area contributed by atoms with Crippen LogP contribution in [0.3, 0.4) is 0 Å². The third kappa shape index (κ3) is 3.72. The number of carbonyl (C=O) groups excluding carboxylic acids is 1. The number of aromatic nitrogens is 2. The number of primary amides is 1. The number of fused-ring (bicyclic) bond motifs is 1. The Labute approximate surface area is 179 Å². The molecule has 3 heterocycles. The zero-order valence-corrected chi connectivity index (χ0v) is 17.8. The minimum absolute atomic E-state index is 0.128. The summed E-state index contributed by atoms with van der Waals surface area (Å²) in [5.41, 5.74) is 11.3. The molecule has 2 N–H and O–H groups in total. The average molecular weight is 429 g/mol. The highest BCUT2D eigenvalue weighted by molar-refractivity contribution is 6.35. The zero-order chi connectivity index (χ0) is 20.7. The number of carbonyl (C=O) groups is 1. The number of nitrogens with zero attached hydrogens (tertiary/aromatic N) is 3. The van der Waals surface area contributed by atoms with Crippen molar-refractivity contribution in [1.82, 2.24) is 9.61 Å². The van der Waals surface area contributed by atoms with Gasteiger partial charge in [0.05, 0.1) is 28.5 Å². The van der Waals surface area contributed by atoms with E-state index in [9.17, 15) is 4.79 Å². The van der Waals surface area contributed by atoms with E-state index in [4.69, 9.17) is 34.0 Å². The molecule has 2 aromatic heterocycles. The fourth-order valence-corrected chi connectivity index (χ4v) is 4.51. The van der Waals surface area contributed by atoms with Gasteiger partial charge in [0.2, 0.25) is 5.91 Å². The maximum absolute atomic E-state index is 11.5. The van der Waals surface area contributed by atoms with Gasteiger partial charge in [0.15, 0.2) is 0 Å². The van der Waals surface area contributed by atoms with Crippen molar-refractivity contribution in [3.8, 4) is 0 Å². The number of halogens is 2. The summed E-state index contributed by atoms with van der Waals surface area (Å²) in [5, 5.41) is 6.04. The van der Waals surface area contributed by atoms with E-state index in [0.29, 0.717) is 28.6 Å². The molecule has 2 aliphatic rings. The SMILES string of the molecule is Cc1cc(N2CC=C(C(N)=O)CC2)c2cc(C)c(C3C=CC=C(Cl)C=C3Cl)n2n1. The molecule has 0 radical (unpaired) electrons. The highest BCUT2D eigenvalue weighted by atomic mass is 35.5. The van der Waals surface area contributed by atoms with E-state index in [-0.39, 0.29) is 11.8 Å².